The number of piperazine rings is 1. The van der Waals surface area contributed by atoms with Crippen LogP contribution in [-0.2, 0) is 15.0 Å². The van der Waals surface area contributed by atoms with Crippen molar-refractivity contribution in [1.82, 2.24) is 9.21 Å². The Morgan fingerprint density at radius 3 is 2.29 bits per heavy atom. The van der Waals surface area contributed by atoms with E-state index in [4.69, 9.17) is 0 Å². The fraction of sp³-hybridized carbons (Fsp3) is 0.409. The van der Waals surface area contributed by atoms with Gasteiger partial charge in [0, 0.05) is 40.3 Å². The van der Waals surface area contributed by atoms with Gasteiger partial charge in [-0.05, 0) is 43.2 Å². The average molecular weight is 449 g/mol. The van der Waals surface area contributed by atoms with E-state index in [0.29, 0.717) is 37.6 Å². The summed E-state index contributed by atoms with van der Waals surface area (Å²) < 4.78 is 42.4. The topological polar surface area (TPSA) is 64.2 Å². The number of carbonyl (C=O) groups excluding carboxylic acids is 1. The molecule has 0 aromatic heterocycles. The molecule has 1 heterocycles. The lowest BCUT2D eigenvalue weighted by Gasteiger charge is -2.37. The van der Waals surface area contributed by atoms with Gasteiger partial charge in [0.2, 0.25) is 5.91 Å². The van der Waals surface area contributed by atoms with Crippen molar-refractivity contribution in [3.05, 3.63) is 59.4 Å². The molecule has 1 aliphatic heterocycles. The minimum Gasteiger partial charge on any atom is -0.366 e. The van der Waals surface area contributed by atoms with Crippen LogP contribution >= 0.6 is 0 Å². The van der Waals surface area contributed by atoms with Gasteiger partial charge in [0.1, 0.15) is 12.4 Å². The highest BCUT2D eigenvalue weighted by Crippen LogP contribution is 2.26. The summed E-state index contributed by atoms with van der Waals surface area (Å²) in [6.07, 6.45) is 0. The van der Waals surface area contributed by atoms with Crippen molar-refractivity contribution in [3.63, 3.8) is 0 Å². The monoisotopic (exact) mass is 448 g/mol. The summed E-state index contributed by atoms with van der Waals surface area (Å²) in [6, 6.07) is 12.1. The lowest BCUT2D eigenvalue weighted by atomic mass is 10.1. The first kappa shape index (κ1) is 23.0. The minimum absolute atomic E-state index is 0.278. The van der Waals surface area contributed by atoms with E-state index in [0.717, 1.165) is 15.4 Å². The zero-order valence-electron chi connectivity index (χ0n) is 18.4. The Morgan fingerprint density at radius 2 is 1.68 bits per heavy atom. The van der Waals surface area contributed by atoms with E-state index in [2.05, 4.69) is 0 Å². The van der Waals surface area contributed by atoms with Crippen LogP contribution in [0.5, 0.6) is 0 Å². The molecule has 0 bridgehead atoms. The van der Waals surface area contributed by atoms with Crippen LogP contribution in [-0.4, -0.2) is 70.3 Å². The number of benzene rings is 2. The second kappa shape index (κ2) is 9.23. The van der Waals surface area contributed by atoms with E-state index in [-0.39, 0.29) is 18.3 Å². The molecule has 0 spiro atoms. The predicted molar refractivity (Wildman–Crippen MR) is 121 cm³/mol. The van der Waals surface area contributed by atoms with Crippen molar-refractivity contribution in [2.75, 3.05) is 56.0 Å². The molecule has 0 radical (unpaired) electrons. The zero-order chi connectivity index (χ0) is 22.8. The molecule has 0 N–H and O–H groups in total. The molecule has 0 saturated carbocycles. The van der Waals surface area contributed by atoms with Crippen molar-refractivity contribution in [1.29, 1.82) is 0 Å². The minimum atomic E-state index is -3.87. The van der Waals surface area contributed by atoms with Gasteiger partial charge in [0.05, 0.1) is 11.4 Å². The first-order valence-corrected chi connectivity index (χ1v) is 11.6. The van der Waals surface area contributed by atoms with Gasteiger partial charge in [-0.15, -0.1) is 0 Å². The molecule has 168 valence electrons. The fourth-order valence-electron chi connectivity index (χ4n) is 3.60. The van der Waals surface area contributed by atoms with E-state index in [1.54, 1.807) is 29.2 Å². The number of rotatable bonds is 6. The third kappa shape index (κ3) is 4.99. The molecule has 9 heteroatoms. The standard InChI is InChI=1S/C22H29FN4O3S/c1-17-9-10-18(2)21(15-17)27(31(29,30)24(3)4)16-22(28)26-13-11-25(12-14-26)20-8-6-5-7-19(20)23/h5-10,15H,11-14,16H2,1-4H3. The fourth-order valence-corrected chi connectivity index (χ4v) is 4.72. The molecule has 2 aromatic rings. The van der Waals surface area contributed by atoms with Crippen LogP contribution in [0, 0.1) is 19.7 Å². The molecule has 0 atom stereocenters. The molecule has 7 nitrogen and oxygen atoms in total. The van der Waals surface area contributed by atoms with E-state index in [1.165, 1.54) is 24.5 Å². The second-order valence-electron chi connectivity index (χ2n) is 7.91. The number of carbonyl (C=O) groups is 1. The second-order valence-corrected chi connectivity index (χ2v) is 9.97. The highest BCUT2D eigenvalue weighted by atomic mass is 32.2. The summed E-state index contributed by atoms with van der Waals surface area (Å²) in [5.41, 5.74) is 2.69. The number of anilines is 2. The number of nitrogens with zero attached hydrogens (tertiary/aromatic N) is 4. The normalized spacial score (nSPS) is 14.8. The molecule has 1 amide bonds. The first-order chi connectivity index (χ1) is 14.6. The van der Waals surface area contributed by atoms with Crippen LogP contribution in [0.15, 0.2) is 42.5 Å². The van der Waals surface area contributed by atoms with Crippen LogP contribution < -0.4 is 9.21 Å². The predicted octanol–water partition coefficient (Wildman–Crippen LogP) is 2.40. The quantitative estimate of drug-likeness (QED) is 0.681. The Hall–Kier alpha value is -2.65. The molecular weight excluding hydrogens is 419 g/mol. The third-order valence-electron chi connectivity index (χ3n) is 5.48. The van der Waals surface area contributed by atoms with E-state index >= 15 is 0 Å². The molecule has 2 aromatic carbocycles. The third-order valence-corrected chi connectivity index (χ3v) is 7.28. The van der Waals surface area contributed by atoms with Crippen LogP contribution in [0.25, 0.3) is 0 Å². The maximum atomic E-state index is 14.1. The van der Waals surface area contributed by atoms with E-state index in [9.17, 15) is 17.6 Å². The van der Waals surface area contributed by atoms with Crippen LogP contribution in [0.2, 0.25) is 0 Å². The number of para-hydroxylation sites is 1. The smallest absolute Gasteiger partial charge is 0.304 e. The molecule has 31 heavy (non-hydrogen) atoms. The van der Waals surface area contributed by atoms with Crippen molar-refractivity contribution >= 4 is 27.5 Å². The maximum Gasteiger partial charge on any atom is 0.304 e. The summed E-state index contributed by atoms with van der Waals surface area (Å²) >= 11 is 0. The van der Waals surface area contributed by atoms with Crippen molar-refractivity contribution in [2.24, 2.45) is 0 Å². The van der Waals surface area contributed by atoms with Gasteiger partial charge in [0.15, 0.2) is 0 Å². The number of amides is 1. The molecular formula is C22H29FN4O3S. The lowest BCUT2D eigenvalue weighted by molar-refractivity contribution is -0.129. The van der Waals surface area contributed by atoms with Gasteiger partial charge in [-0.3, -0.25) is 4.79 Å². The summed E-state index contributed by atoms with van der Waals surface area (Å²) in [5.74, 6) is -0.569. The van der Waals surface area contributed by atoms with Gasteiger partial charge in [0.25, 0.3) is 0 Å². The van der Waals surface area contributed by atoms with Crippen LogP contribution in [0.1, 0.15) is 11.1 Å². The van der Waals surface area contributed by atoms with E-state index in [1.807, 2.05) is 30.9 Å². The molecule has 1 aliphatic rings. The summed E-state index contributed by atoms with van der Waals surface area (Å²) in [5, 5.41) is 0. The maximum absolute atomic E-state index is 14.1. The first-order valence-electron chi connectivity index (χ1n) is 10.2. The summed E-state index contributed by atoms with van der Waals surface area (Å²) in [6.45, 7) is 5.18. The molecule has 3 rings (SSSR count). The van der Waals surface area contributed by atoms with Gasteiger partial charge in [-0.1, -0.05) is 24.3 Å². The molecule has 0 aliphatic carbocycles. The molecule has 1 fully saturated rings. The zero-order valence-corrected chi connectivity index (χ0v) is 19.2. The number of halogens is 1. The number of aryl methyl sites for hydroxylation is 2. The Bertz CT molecular complexity index is 1050. The average Bonchev–Trinajstić information content (AvgIpc) is 2.74. The number of hydrogen-bond acceptors (Lipinski definition) is 4. The van der Waals surface area contributed by atoms with Gasteiger partial charge in [-0.25, -0.2) is 8.70 Å². The molecule has 1 saturated heterocycles. The van der Waals surface area contributed by atoms with Crippen molar-refractivity contribution < 1.29 is 17.6 Å². The largest absolute Gasteiger partial charge is 0.366 e. The Labute approximate surface area is 183 Å². The van der Waals surface area contributed by atoms with Crippen molar-refractivity contribution in [3.8, 4) is 0 Å². The Kier molecular flexibility index (Phi) is 6.86. The Balaban J connectivity index is 1.77. The van der Waals surface area contributed by atoms with Crippen LogP contribution in [0.3, 0.4) is 0 Å². The van der Waals surface area contributed by atoms with Gasteiger partial charge >= 0.3 is 10.2 Å². The summed E-state index contributed by atoms with van der Waals surface area (Å²) in [7, 11) is -0.966. The Morgan fingerprint density at radius 1 is 1.03 bits per heavy atom. The lowest BCUT2D eigenvalue weighted by Crippen LogP contribution is -2.53. The van der Waals surface area contributed by atoms with Crippen LogP contribution in [0.4, 0.5) is 15.8 Å². The summed E-state index contributed by atoms with van der Waals surface area (Å²) in [4.78, 5) is 16.6. The SMILES string of the molecule is Cc1ccc(C)c(N(CC(=O)N2CCN(c3ccccc3F)CC2)S(=O)(=O)N(C)C)c1. The van der Waals surface area contributed by atoms with Crippen molar-refractivity contribution in [2.45, 2.75) is 13.8 Å². The highest BCUT2D eigenvalue weighted by Gasteiger charge is 2.31. The van der Waals surface area contributed by atoms with Gasteiger partial charge < -0.3 is 9.80 Å². The van der Waals surface area contributed by atoms with Gasteiger partial charge in [-0.2, -0.15) is 12.7 Å². The molecule has 0 unspecified atom stereocenters. The highest BCUT2D eigenvalue weighted by molar-refractivity contribution is 7.90. The number of hydrogen-bond donors (Lipinski definition) is 0. The van der Waals surface area contributed by atoms with E-state index < -0.39 is 10.2 Å².